The van der Waals surface area contributed by atoms with Crippen molar-refractivity contribution in [2.45, 2.75) is 58.0 Å². The van der Waals surface area contributed by atoms with Crippen molar-refractivity contribution in [1.29, 1.82) is 0 Å². The van der Waals surface area contributed by atoms with Crippen LogP contribution in [0.1, 0.15) is 49.2 Å². The van der Waals surface area contributed by atoms with Crippen molar-refractivity contribution in [3.8, 4) is 5.75 Å². The molecular formula is C27H31FN6O3. The first-order valence-corrected chi connectivity index (χ1v) is 12.6. The number of benzene rings is 2. The van der Waals surface area contributed by atoms with Crippen molar-refractivity contribution < 1.29 is 13.9 Å². The molecule has 194 valence electrons. The lowest BCUT2D eigenvalue weighted by Gasteiger charge is -2.30. The summed E-state index contributed by atoms with van der Waals surface area (Å²) in [6, 6.07) is 13.8. The van der Waals surface area contributed by atoms with Crippen molar-refractivity contribution in [3.05, 3.63) is 81.7 Å². The Balaban J connectivity index is 1.49. The van der Waals surface area contributed by atoms with E-state index in [0.717, 1.165) is 42.6 Å². The van der Waals surface area contributed by atoms with E-state index in [9.17, 15) is 9.18 Å². The third-order valence-corrected chi connectivity index (χ3v) is 6.89. The summed E-state index contributed by atoms with van der Waals surface area (Å²) >= 11 is 0. The average molecular weight is 507 g/mol. The highest BCUT2D eigenvalue weighted by atomic mass is 19.1. The molecule has 0 saturated carbocycles. The van der Waals surface area contributed by atoms with Crippen LogP contribution in [0.4, 0.5) is 4.39 Å². The maximum atomic E-state index is 13.6. The summed E-state index contributed by atoms with van der Waals surface area (Å²) in [5, 5.41) is 13.5. The van der Waals surface area contributed by atoms with Crippen LogP contribution in [0.5, 0.6) is 5.75 Å². The number of fused-ring (bicyclic) bond motifs is 1. The summed E-state index contributed by atoms with van der Waals surface area (Å²) < 4.78 is 26.5. The standard InChI is InChI=1S/C27H31FN6O3/c1-3-25(26-30-31-32-34(26)17-23-5-4-12-37-23)33(15-18-6-9-21(28)10-7-18)16-20-13-19-8-11-22(36-2)14-24(19)29-27(20)35/h6-11,13-14,23,25H,3-5,12,15-17H2,1-2H3,(H,29,35)/t23-,25-/m1/s1. The summed E-state index contributed by atoms with van der Waals surface area (Å²) in [5.74, 6) is 1.12. The van der Waals surface area contributed by atoms with Gasteiger partial charge in [0.05, 0.1) is 31.3 Å². The predicted molar refractivity (Wildman–Crippen MR) is 137 cm³/mol. The van der Waals surface area contributed by atoms with Gasteiger partial charge >= 0.3 is 0 Å². The number of aromatic nitrogens is 5. The molecule has 2 aromatic carbocycles. The molecule has 5 rings (SSSR count). The van der Waals surface area contributed by atoms with Crippen LogP contribution in [0.3, 0.4) is 0 Å². The van der Waals surface area contributed by atoms with Crippen molar-refractivity contribution in [1.82, 2.24) is 30.1 Å². The Bertz CT molecular complexity index is 1400. The zero-order valence-corrected chi connectivity index (χ0v) is 21.1. The zero-order chi connectivity index (χ0) is 25.8. The Labute approximate surface area is 214 Å². The van der Waals surface area contributed by atoms with Gasteiger partial charge in [0.15, 0.2) is 5.82 Å². The SMILES string of the molecule is CC[C@H](c1nnnn1C[C@H]1CCCO1)N(Cc1ccc(F)cc1)Cc1cc2ccc(OC)cc2[nH]c1=O. The number of rotatable bonds is 10. The maximum Gasteiger partial charge on any atom is 0.252 e. The molecule has 37 heavy (non-hydrogen) atoms. The molecule has 0 unspecified atom stereocenters. The van der Waals surface area contributed by atoms with Crippen molar-refractivity contribution in [3.63, 3.8) is 0 Å². The van der Waals surface area contributed by atoms with E-state index >= 15 is 0 Å². The number of H-pyrrole nitrogens is 1. The van der Waals surface area contributed by atoms with Crippen molar-refractivity contribution in [2.24, 2.45) is 0 Å². The number of hydrogen-bond acceptors (Lipinski definition) is 7. The Hall–Kier alpha value is -3.63. The largest absolute Gasteiger partial charge is 0.497 e. The van der Waals surface area contributed by atoms with Crippen LogP contribution in [0, 0.1) is 5.82 Å². The highest BCUT2D eigenvalue weighted by molar-refractivity contribution is 5.80. The summed E-state index contributed by atoms with van der Waals surface area (Å²) in [4.78, 5) is 18.3. The topological polar surface area (TPSA) is 98.2 Å². The number of nitrogens with zero attached hydrogens (tertiary/aromatic N) is 5. The minimum Gasteiger partial charge on any atom is -0.497 e. The minimum absolute atomic E-state index is 0.0885. The summed E-state index contributed by atoms with van der Waals surface area (Å²) in [6.07, 6.45) is 2.82. The molecule has 2 atom stereocenters. The van der Waals surface area contributed by atoms with Gasteiger partial charge in [-0.2, -0.15) is 0 Å². The molecular weight excluding hydrogens is 475 g/mol. The molecule has 0 bridgehead atoms. The maximum absolute atomic E-state index is 13.6. The van der Waals surface area contributed by atoms with E-state index in [1.54, 1.807) is 19.2 Å². The molecule has 0 spiro atoms. The monoisotopic (exact) mass is 506 g/mol. The van der Waals surface area contributed by atoms with Crippen molar-refractivity contribution in [2.75, 3.05) is 13.7 Å². The van der Waals surface area contributed by atoms with E-state index in [1.807, 2.05) is 28.9 Å². The third-order valence-electron chi connectivity index (χ3n) is 6.89. The summed E-state index contributed by atoms with van der Waals surface area (Å²) in [7, 11) is 1.60. The second kappa shape index (κ2) is 11.2. The molecule has 10 heteroatoms. The Morgan fingerprint density at radius 1 is 1.22 bits per heavy atom. The van der Waals surface area contributed by atoms with Crippen LogP contribution in [-0.4, -0.2) is 49.9 Å². The van der Waals surface area contributed by atoms with Crippen LogP contribution in [0.25, 0.3) is 10.9 Å². The molecule has 1 aliphatic heterocycles. The highest BCUT2D eigenvalue weighted by Gasteiger charge is 2.28. The second-order valence-electron chi connectivity index (χ2n) is 9.39. The lowest BCUT2D eigenvalue weighted by molar-refractivity contribution is 0.0888. The molecule has 3 heterocycles. The van der Waals surface area contributed by atoms with Gasteiger partial charge in [-0.15, -0.1) is 5.10 Å². The fourth-order valence-corrected chi connectivity index (χ4v) is 4.95. The van der Waals surface area contributed by atoms with Gasteiger partial charge in [0.25, 0.3) is 5.56 Å². The van der Waals surface area contributed by atoms with E-state index < -0.39 is 0 Å². The molecule has 1 fully saturated rings. The van der Waals surface area contributed by atoms with E-state index in [4.69, 9.17) is 9.47 Å². The Morgan fingerprint density at radius 2 is 2.05 bits per heavy atom. The lowest BCUT2D eigenvalue weighted by atomic mass is 10.1. The number of pyridine rings is 1. The van der Waals surface area contributed by atoms with Crippen LogP contribution < -0.4 is 10.3 Å². The van der Waals surface area contributed by atoms with Crippen LogP contribution in [-0.2, 0) is 24.4 Å². The first-order chi connectivity index (χ1) is 18.0. The molecule has 0 radical (unpaired) electrons. The Morgan fingerprint density at radius 3 is 2.78 bits per heavy atom. The molecule has 1 N–H and O–H groups in total. The number of ether oxygens (including phenoxy) is 2. The predicted octanol–water partition coefficient (Wildman–Crippen LogP) is 3.99. The molecule has 0 aliphatic carbocycles. The van der Waals surface area contributed by atoms with Crippen molar-refractivity contribution >= 4 is 10.9 Å². The fourth-order valence-electron chi connectivity index (χ4n) is 4.95. The van der Waals surface area contributed by atoms with Gasteiger partial charge < -0.3 is 14.5 Å². The minimum atomic E-state index is -0.288. The van der Waals surface area contributed by atoms with Gasteiger partial charge in [0.2, 0.25) is 0 Å². The average Bonchev–Trinajstić information content (AvgIpc) is 3.59. The van der Waals surface area contributed by atoms with E-state index in [2.05, 4.69) is 32.3 Å². The number of aromatic amines is 1. The van der Waals surface area contributed by atoms with E-state index in [0.29, 0.717) is 36.5 Å². The molecule has 0 amide bonds. The second-order valence-corrected chi connectivity index (χ2v) is 9.39. The lowest BCUT2D eigenvalue weighted by Crippen LogP contribution is -2.33. The highest BCUT2D eigenvalue weighted by Crippen LogP contribution is 2.28. The van der Waals surface area contributed by atoms with Gasteiger partial charge in [0, 0.05) is 31.3 Å². The van der Waals surface area contributed by atoms with Gasteiger partial charge in [-0.3, -0.25) is 9.69 Å². The number of tetrazole rings is 1. The molecule has 1 saturated heterocycles. The number of nitrogens with one attached hydrogen (secondary N) is 1. The molecule has 9 nitrogen and oxygen atoms in total. The molecule has 4 aromatic rings. The van der Waals surface area contributed by atoms with Crippen LogP contribution in [0.2, 0.25) is 0 Å². The van der Waals surface area contributed by atoms with E-state index in [-0.39, 0.29) is 23.5 Å². The van der Waals surface area contributed by atoms with Gasteiger partial charge in [-0.25, -0.2) is 9.07 Å². The summed E-state index contributed by atoms with van der Waals surface area (Å²) in [6.45, 7) is 4.27. The molecule has 1 aliphatic rings. The van der Waals surface area contributed by atoms with Gasteiger partial charge in [-0.05, 0) is 71.0 Å². The first-order valence-electron chi connectivity index (χ1n) is 12.6. The summed E-state index contributed by atoms with van der Waals surface area (Å²) in [5.41, 5.74) is 2.10. The zero-order valence-electron chi connectivity index (χ0n) is 21.1. The third kappa shape index (κ3) is 5.70. The van der Waals surface area contributed by atoms with Gasteiger partial charge in [-0.1, -0.05) is 19.1 Å². The number of hydrogen-bond donors (Lipinski definition) is 1. The fraction of sp³-hybridized carbons (Fsp3) is 0.407. The number of methoxy groups -OCH3 is 1. The number of halogens is 1. The van der Waals surface area contributed by atoms with Crippen LogP contribution in [0.15, 0.2) is 53.3 Å². The van der Waals surface area contributed by atoms with Gasteiger partial charge in [0.1, 0.15) is 11.6 Å². The smallest absolute Gasteiger partial charge is 0.252 e. The van der Waals surface area contributed by atoms with Crippen LogP contribution >= 0.6 is 0 Å². The normalized spacial score (nSPS) is 16.5. The first kappa shape index (κ1) is 25.0. The molecule has 2 aromatic heterocycles. The van der Waals surface area contributed by atoms with E-state index in [1.165, 1.54) is 12.1 Å². The quantitative estimate of drug-likeness (QED) is 0.347. The Kier molecular flexibility index (Phi) is 7.57.